The van der Waals surface area contributed by atoms with E-state index in [1.165, 1.54) is 32.1 Å². The number of hydrogen-bond acceptors (Lipinski definition) is 3. The van der Waals surface area contributed by atoms with Crippen molar-refractivity contribution in [1.82, 2.24) is 9.78 Å². The minimum atomic E-state index is 0.103. The molecule has 1 heterocycles. The number of hydrogen-bond donors (Lipinski definition) is 0. The Hall–Kier alpha value is -1.16. The van der Waals surface area contributed by atoms with Gasteiger partial charge in [-0.2, -0.15) is 5.10 Å². The minimum absolute atomic E-state index is 0.103. The molecule has 0 atom stereocenters. The van der Waals surface area contributed by atoms with Crippen molar-refractivity contribution in [3.8, 4) is 0 Å². The lowest BCUT2D eigenvalue weighted by atomic mass is 9.96. The number of ketones is 1. The first kappa shape index (κ1) is 13.3. The number of aromatic nitrogens is 2. The molecule has 0 bridgehead atoms. The van der Waals surface area contributed by atoms with Crippen molar-refractivity contribution in [3.05, 3.63) is 18.0 Å². The summed E-state index contributed by atoms with van der Waals surface area (Å²) in [6, 6.07) is 2.49. The first-order valence-electron chi connectivity index (χ1n) is 6.93. The molecule has 1 saturated carbocycles. The summed E-state index contributed by atoms with van der Waals surface area (Å²) in [5.41, 5.74) is 0.866. The number of Topliss-reactive ketones (excluding diaryl/α,β-unsaturated/α-hetero) is 1. The van der Waals surface area contributed by atoms with Gasteiger partial charge in [0.2, 0.25) is 0 Å². The van der Waals surface area contributed by atoms with Crippen LogP contribution in [0.3, 0.4) is 0 Å². The molecule has 0 aliphatic heterocycles. The average Bonchev–Trinajstić information content (AvgIpc) is 2.86. The van der Waals surface area contributed by atoms with E-state index in [-0.39, 0.29) is 12.4 Å². The third-order valence-corrected chi connectivity index (χ3v) is 3.46. The van der Waals surface area contributed by atoms with Gasteiger partial charge >= 0.3 is 0 Å². The summed E-state index contributed by atoms with van der Waals surface area (Å²) in [6.45, 7) is 2.68. The summed E-state index contributed by atoms with van der Waals surface area (Å²) in [7, 11) is 0. The molecular formula is C14H22N2O2. The monoisotopic (exact) mass is 250 g/mol. The maximum Gasteiger partial charge on any atom is 0.164 e. The number of rotatable bonds is 6. The number of nitrogens with zero attached hydrogens (tertiary/aromatic N) is 2. The van der Waals surface area contributed by atoms with E-state index in [0.29, 0.717) is 19.1 Å². The molecule has 1 aliphatic rings. The Bertz CT molecular complexity index is 381. The molecule has 1 aliphatic carbocycles. The molecule has 0 aromatic carbocycles. The van der Waals surface area contributed by atoms with E-state index in [9.17, 15) is 4.79 Å². The summed E-state index contributed by atoms with van der Waals surface area (Å²) in [5, 5.41) is 4.52. The van der Waals surface area contributed by atoms with Gasteiger partial charge in [-0.15, -0.1) is 0 Å². The fourth-order valence-electron chi connectivity index (χ4n) is 2.49. The van der Waals surface area contributed by atoms with E-state index in [4.69, 9.17) is 4.74 Å². The van der Waals surface area contributed by atoms with Crippen LogP contribution < -0.4 is 0 Å². The van der Waals surface area contributed by atoms with Gasteiger partial charge in [0.1, 0.15) is 6.61 Å². The van der Waals surface area contributed by atoms with Gasteiger partial charge in [-0.05, 0) is 25.8 Å². The Balaban J connectivity index is 1.87. The van der Waals surface area contributed by atoms with E-state index in [2.05, 4.69) is 5.10 Å². The van der Waals surface area contributed by atoms with Crippen molar-refractivity contribution in [2.24, 2.45) is 0 Å². The van der Waals surface area contributed by atoms with Gasteiger partial charge in [0.05, 0.1) is 18.2 Å². The smallest absolute Gasteiger partial charge is 0.164 e. The molecule has 0 saturated heterocycles. The molecular weight excluding hydrogens is 228 g/mol. The molecule has 4 heteroatoms. The molecule has 0 unspecified atom stereocenters. The normalized spacial score (nSPS) is 16.9. The molecule has 0 radical (unpaired) electrons. The predicted octanol–water partition coefficient (Wildman–Crippen LogP) is 2.54. The Morgan fingerprint density at radius 2 is 2.22 bits per heavy atom. The van der Waals surface area contributed by atoms with Crippen LogP contribution in [-0.2, 0) is 16.0 Å². The Morgan fingerprint density at radius 3 is 2.94 bits per heavy atom. The van der Waals surface area contributed by atoms with E-state index >= 15 is 0 Å². The second-order valence-electron chi connectivity index (χ2n) is 4.93. The van der Waals surface area contributed by atoms with Gasteiger partial charge in [0.15, 0.2) is 5.78 Å². The zero-order valence-corrected chi connectivity index (χ0v) is 11.1. The lowest BCUT2D eigenvalue weighted by Gasteiger charge is -2.21. The largest absolute Gasteiger partial charge is 0.374 e. The van der Waals surface area contributed by atoms with E-state index < -0.39 is 0 Å². The highest BCUT2D eigenvalue weighted by Gasteiger charge is 2.16. The standard InChI is InChI=1S/C14H22N2O2/c1-2-18-11-14(17)10-12-8-9-16(15-12)13-6-4-3-5-7-13/h8-9,13H,2-7,10-11H2,1H3. The van der Waals surface area contributed by atoms with Crippen LogP contribution in [0.2, 0.25) is 0 Å². The third kappa shape index (κ3) is 3.67. The third-order valence-electron chi connectivity index (χ3n) is 3.46. The molecule has 0 spiro atoms. The molecule has 1 aromatic heterocycles. The van der Waals surface area contributed by atoms with Crippen molar-refractivity contribution in [3.63, 3.8) is 0 Å². The van der Waals surface area contributed by atoms with Crippen LogP contribution in [0, 0.1) is 0 Å². The molecule has 100 valence electrons. The van der Waals surface area contributed by atoms with E-state index in [1.54, 1.807) is 0 Å². The summed E-state index contributed by atoms with van der Waals surface area (Å²) in [5.74, 6) is 0.103. The maximum atomic E-state index is 11.6. The van der Waals surface area contributed by atoms with Crippen LogP contribution in [0.5, 0.6) is 0 Å². The quantitative estimate of drug-likeness (QED) is 0.779. The van der Waals surface area contributed by atoms with Gasteiger partial charge in [-0.1, -0.05) is 19.3 Å². The average molecular weight is 250 g/mol. The van der Waals surface area contributed by atoms with Gasteiger partial charge in [-0.25, -0.2) is 0 Å². The zero-order valence-electron chi connectivity index (χ0n) is 11.1. The Kier molecular flexibility index (Phi) is 4.93. The number of ether oxygens (including phenoxy) is 1. The highest BCUT2D eigenvalue weighted by atomic mass is 16.5. The fraction of sp³-hybridized carbons (Fsp3) is 0.714. The van der Waals surface area contributed by atoms with E-state index in [0.717, 1.165) is 5.69 Å². The van der Waals surface area contributed by atoms with Gasteiger partial charge < -0.3 is 4.74 Å². The fourth-order valence-corrected chi connectivity index (χ4v) is 2.49. The van der Waals surface area contributed by atoms with Gasteiger partial charge in [-0.3, -0.25) is 9.48 Å². The van der Waals surface area contributed by atoms with Crippen LogP contribution in [-0.4, -0.2) is 28.8 Å². The second-order valence-corrected chi connectivity index (χ2v) is 4.93. The van der Waals surface area contributed by atoms with Crippen LogP contribution in [0.25, 0.3) is 0 Å². The van der Waals surface area contributed by atoms with E-state index in [1.807, 2.05) is 23.9 Å². The number of carbonyl (C=O) groups excluding carboxylic acids is 1. The molecule has 4 nitrogen and oxygen atoms in total. The summed E-state index contributed by atoms with van der Waals surface area (Å²) in [6.07, 6.45) is 8.77. The lowest BCUT2D eigenvalue weighted by molar-refractivity contribution is -0.122. The van der Waals surface area contributed by atoms with Crippen LogP contribution in [0.1, 0.15) is 50.8 Å². The second kappa shape index (κ2) is 6.69. The highest BCUT2D eigenvalue weighted by molar-refractivity contribution is 5.81. The summed E-state index contributed by atoms with van der Waals surface area (Å²) < 4.78 is 7.15. The van der Waals surface area contributed by atoms with Gasteiger partial charge in [0, 0.05) is 12.8 Å². The molecule has 1 fully saturated rings. The molecule has 1 aromatic rings. The Labute approximate surface area is 108 Å². The molecule has 18 heavy (non-hydrogen) atoms. The maximum absolute atomic E-state index is 11.6. The first-order chi connectivity index (χ1) is 8.79. The topological polar surface area (TPSA) is 44.1 Å². The first-order valence-corrected chi connectivity index (χ1v) is 6.93. The van der Waals surface area contributed by atoms with Crippen molar-refractivity contribution in [1.29, 1.82) is 0 Å². The van der Waals surface area contributed by atoms with Crippen molar-refractivity contribution in [2.75, 3.05) is 13.2 Å². The van der Waals surface area contributed by atoms with Crippen LogP contribution >= 0.6 is 0 Å². The molecule has 0 amide bonds. The highest BCUT2D eigenvalue weighted by Crippen LogP contribution is 2.27. The number of carbonyl (C=O) groups is 1. The SMILES string of the molecule is CCOCC(=O)Cc1ccn(C2CCCCC2)n1. The van der Waals surface area contributed by atoms with Crippen LogP contribution in [0.15, 0.2) is 12.3 Å². The minimum Gasteiger partial charge on any atom is -0.374 e. The van der Waals surface area contributed by atoms with Crippen LogP contribution in [0.4, 0.5) is 0 Å². The van der Waals surface area contributed by atoms with Crippen molar-refractivity contribution < 1.29 is 9.53 Å². The summed E-state index contributed by atoms with van der Waals surface area (Å²) in [4.78, 5) is 11.6. The summed E-state index contributed by atoms with van der Waals surface area (Å²) >= 11 is 0. The molecule has 2 rings (SSSR count). The lowest BCUT2D eigenvalue weighted by Crippen LogP contribution is -2.15. The van der Waals surface area contributed by atoms with Crippen molar-refractivity contribution >= 4 is 5.78 Å². The van der Waals surface area contributed by atoms with Gasteiger partial charge in [0.25, 0.3) is 0 Å². The predicted molar refractivity (Wildman–Crippen MR) is 69.6 cm³/mol. The van der Waals surface area contributed by atoms with Crippen molar-refractivity contribution in [2.45, 2.75) is 51.5 Å². The Morgan fingerprint density at radius 1 is 1.44 bits per heavy atom. The zero-order chi connectivity index (χ0) is 12.8. The molecule has 0 N–H and O–H groups in total.